The highest BCUT2D eigenvalue weighted by Crippen LogP contribution is 2.31. The number of aryl methyl sites for hydroxylation is 1. The minimum Gasteiger partial charge on any atom is -0.381 e. The van der Waals surface area contributed by atoms with Crippen LogP contribution in [0.15, 0.2) is 36.5 Å². The first-order chi connectivity index (χ1) is 11.7. The summed E-state index contributed by atoms with van der Waals surface area (Å²) in [5.41, 5.74) is 0.764. The highest BCUT2D eigenvalue weighted by molar-refractivity contribution is 7.14. The Kier molecular flexibility index (Phi) is 4.00. The molecule has 1 fully saturated rings. The molecule has 122 valence electrons. The van der Waals surface area contributed by atoms with Crippen molar-refractivity contribution in [3.8, 4) is 0 Å². The molecule has 6 heteroatoms. The number of rotatable bonds is 3. The summed E-state index contributed by atoms with van der Waals surface area (Å²) in [7, 11) is 0. The molecule has 0 radical (unpaired) electrons. The summed E-state index contributed by atoms with van der Waals surface area (Å²) >= 11 is 1.46. The van der Waals surface area contributed by atoms with Crippen molar-refractivity contribution in [1.29, 1.82) is 0 Å². The first kappa shape index (κ1) is 15.2. The molecule has 1 saturated heterocycles. The van der Waals surface area contributed by atoms with Gasteiger partial charge in [0.2, 0.25) is 0 Å². The molecule has 4 rings (SSSR count). The Morgan fingerprint density at radius 2 is 2.17 bits per heavy atom. The fourth-order valence-electron chi connectivity index (χ4n) is 2.86. The number of hydrogen-bond acceptors (Lipinski definition) is 5. The second-order valence-electron chi connectivity index (χ2n) is 5.90. The number of benzene rings is 1. The Labute approximate surface area is 143 Å². The van der Waals surface area contributed by atoms with Gasteiger partial charge in [-0.3, -0.25) is 4.79 Å². The van der Waals surface area contributed by atoms with E-state index >= 15 is 0 Å². The third kappa shape index (κ3) is 2.90. The average Bonchev–Trinajstić information content (AvgIpc) is 3.24. The van der Waals surface area contributed by atoms with Crippen LogP contribution in [-0.2, 0) is 4.74 Å². The van der Waals surface area contributed by atoms with Crippen molar-refractivity contribution < 1.29 is 9.53 Å². The molecule has 1 aliphatic heterocycles. The van der Waals surface area contributed by atoms with Crippen LogP contribution in [0.1, 0.15) is 32.7 Å². The number of pyridine rings is 1. The quantitative estimate of drug-likeness (QED) is 0.789. The molecule has 24 heavy (non-hydrogen) atoms. The molecule has 2 aromatic heterocycles. The summed E-state index contributed by atoms with van der Waals surface area (Å²) < 4.78 is 5.41. The van der Waals surface area contributed by atoms with Gasteiger partial charge in [-0.1, -0.05) is 24.3 Å². The number of nitrogens with zero attached hydrogens (tertiary/aromatic N) is 2. The molecule has 0 spiro atoms. The van der Waals surface area contributed by atoms with E-state index in [1.807, 2.05) is 37.3 Å². The van der Waals surface area contributed by atoms with Gasteiger partial charge in [0, 0.05) is 24.1 Å². The van der Waals surface area contributed by atoms with Crippen molar-refractivity contribution in [2.45, 2.75) is 19.3 Å². The number of ether oxygens (including phenoxy) is 1. The molecule has 5 nitrogen and oxygen atoms in total. The van der Waals surface area contributed by atoms with Crippen molar-refractivity contribution in [2.24, 2.45) is 0 Å². The van der Waals surface area contributed by atoms with Gasteiger partial charge in [-0.25, -0.2) is 9.97 Å². The van der Waals surface area contributed by atoms with Crippen molar-refractivity contribution in [3.05, 3.63) is 52.1 Å². The highest BCUT2D eigenvalue weighted by atomic mass is 32.1. The minimum absolute atomic E-state index is 0.155. The number of carbonyl (C=O) groups excluding carboxylic acids is 1. The fraction of sp³-hybridized carbons (Fsp3) is 0.278. The van der Waals surface area contributed by atoms with Crippen molar-refractivity contribution >= 4 is 33.8 Å². The number of nitrogens with one attached hydrogen (secondary N) is 1. The normalized spacial score (nSPS) is 17.3. The van der Waals surface area contributed by atoms with Crippen LogP contribution in [0, 0.1) is 6.92 Å². The highest BCUT2D eigenvalue weighted by Gasteiger charge is 2.24. The van der Waals surface area contributed by atoms with E-state index in [1.165, 1.54) is 11.3 Å². The van der Waals surface area contributed by atoms with E-state index < -0.39 is 0 Å². The van der Waals surface area contributed by atoms with Crippen molar-refractivity contribution in [2.75, 3.05) is 18.5 Å². The molecule has 0 aliphatic carbocycles. The summed E-state index contributed by atoms with van der Waals surface area (Å²) in [4.78, 5) is 22.1. The zero-order valence-electron chi connectivity index (χ0n) is 13.3. The van der Waals surface area contributed by atoms with Crippen LogP contribution in [0.2, 0.25) is 0 Å². The lowest BCUT2D eigenvalue weighted by molar-refractivity contribution is 0.102. The second kappa shape index (κ2) is 6.30. The van der Waals surface area contributed by atoms with E-state index in [9.17, 15) is 4.79 Å². The number of amides is 1. The van der Waals surface area contributed by atoms with Gasteiger partial charge in [0.1, 0.15) is 10.7 Å². The largest absolute Gasteiger partial charge is 0.381 e. The van der Waals surface area contributed by atoms with Crippen LogP contribution in [0.4, 0.5) is 5.82 Å². The number of carbonyl (C=O) groups is 1. The van der Waals surface area contributed by atoms with Crippen LogP contribution in [0.5, 0.6) is 0 Å². The third-order valence-electron chi connectivity index (χ3n) is 4.17. The maximum atomic E-state index is 12.6. The van der Waals surface area contributed by atoms with Crippen LogP contribution in [0.3, 0.4) is 0 Å². The Bertz CT molecular complexity index is 900. The number of hydrogen-bond donors (Lipinski definition) is 1. The minimum atomic E-state index is -0.155. The summed E-state index contributed by atoms with van der Waals surface area (Å²) in [5.74, 6) is 0.712. The molecular formula is C18H17N3O2S. The maximum Gasteiger partial charge on any atom is 0.268 e. The Hall–Kier alpha value is -2.31. The van der Waals surface area contributed by atoms with Gasteiger partial charge in [0.15, 0.2) is 0 Å². The standard InChI is InChI=1S/C18H17N3O2S/c1-11-16(24-18(20-11)14-6-7-23-10-14)17(22)21-15-8-12-4-2-3-5-13(12)9-19-15/h2-5,8-9,14H,6-7,10H2,1H3,(H,19,21,22). The molecule has 1 aliphatic rings. The number of aromatic nitrogens is 2. The van der Waals surface area contributed by atoms with E-state index in [2.05, 4.69) is 15.3 Å². The molecule has 3 aromatic rings. The third-order valence-corrected chi connectivity index (χ3v) is 5.49. The van der Waals surface area contributed by atoms with Crippen LogP contribution in [0.25, 0.3) is 10.8 Å². The first-order valence-electron chi connectivity index (χ1n) is 7.92. The topological polar surface area (TPSA) is 64.1 Å². The van der Waals surface area contributed by atoms with Crippen molar-refractivity contribution in [3.63, 3.8) is 0 Å². The van der Waals surface area contributed by atoms with Gasteiger partial charge in [-0.2, -0.15) is 0 Å². The lowest BCUT2D eigenvalue weighted by atomic mass is 10.1. The monoisotopic (exact) mass is 339 g/mol. The van der Waals surface area contributed by atoms with Gasteiger partial charge >= 0.3 is 0 Å². The molecule has 1 atom stereocenters. The van der Waals surface area contributed by atoms with E-state index in [0.717, 1.165) is 34.5 Å². The number of fused-ring (bicyclic) bond motifs is 1. The summed E-state index contributed by atoms with van der Waals surface area (Å²) in [6.45, 7) is 3.34. The molecule has 1 aromatic carbocycles. The van der Waals surface area contributed by atoms with Gasteiger partial charge in [0.25, 0.3) is 5.91 Å². The van der Waals surface area contributed by atoms with E-state index in [0.29, 0.717) is 23.2 Å². The zero-order chi connectivity index (χ0) is 16.5. The van der Waals surface area contributed by atoms with Gasteiger partial charge in [0.05, 0.1) is 17.3 Å². The Morgan fingerprint density at radius 3 is 2.96 bits per heavy atom. The van der Waals surface area contributed by atoms with E-state index in [1.54, 1.807) is 6.20 Å². The van der Waals surface area contributed by atoms with Crippen LogP contribution < -0.4 is 5.32 Å². The lowest BCUT2D eigenvalue weighted by Crippen LogP contribution is -2.12. The predicted molar refractivity (Wildman–Crippen MR) is 94.7 cm³/mol. The van der Waals surface area contributed by atoms with Crippen LogP contribution in [-0.4, -0.2) is 29.1 Å². The second-order valence-corrected chi connectivity index (χ2v) is 6.93. The SMILES string of the molecule is Cc1nc(C2CCOC2)sc1C(=O)Nc1cc2ccccc2cn1. The lowest BCUT2D eigenvalue weighted by Gasteiger charge is -2.05. The molecule has 3 heterocycles. The molecule has 0 bridgehead atoms. The summed E-state index contributed by atoms with van der Waals surface area (Å²) in [6, 6.07) is 9.82. The smallest absolute Gasteiger partial charge is 0.268 e. The van der Waals surface area contributed by atoms with E-state index in [-0.39, 0.29) is 5.91 Å². The van der Waals surface area contributed by atoms with Crippen LogP contribution >= 0.6 is 11.3 Å². The first-order valence-corrected chi connectivity index (χ1v) is 8.73. The molecule has 0 saturated carbocycles. The molecular weight excluding hydrogens is 322 g/mol. The van der Waals surface area contributed by atoms with Gasteiger partial charge in [-0.05, 0) is 24.8 Å². The molecule has 1 N–H and O–H groups in total. The fourth-order valence-corrected chi connectivity index (χ4v) is 3.94. The van der Waals surface area contributed by atoms with Gasteiger partial charge in [-0.15, -0.1) is 11.3 Å². The van der Waals surface area contributed by atoms with Crippen molar-refractivity contribution in [1.82, 2.24) is 9.97 Å². The maximum absolute atomic E-state index is 12.6. The summed E-state index contributed by atoms with van der Waals surface area (Å²) in [6.07, 6.45) is 2.74. The Morgan fingerprint density at radius 1 is 1.33 bits per heavy atom. The van der Waals surface area contributed by atoms with Gasteiger partial charge < -0.3 is 10.1 Å². The predicted octanol–water partition coefficient (Wildman–Crippen LogP) is 3.76. The number of anilines is 1. The summed E-state index contributed by atoms with van der Waals surface area (Å²) in [5, 5.41) is 5.97. The number of thiazole rings is 1. The zero-order valence-corrected chi connectivity index (χ0v) is 14.1. The van der Waals surface area contributed by atoms with E-state index in [4.69, 9.17) is 4.74 Å². The molecule has 1 unspecified atom stereocenters. The molecule has 1 amide bonds. The average molecular weight is 339 g/mol. The Balaban J connectivity index is 1.56.